The van der Waals surface area contributed by atoms with E-state index in [1.54, 1.807) is 36.4 Å². The van der Waals surface area contributed by atoms with Crippen LogP contribution in [0.3, 0.4) is 0 Å². The molecule has 15 aromatic rings. The lowest BCUT2D eigenvalue weighted by atomic mass is 10.0. The van der Waals surface area contributed by atoms with Crippen LogP contribution < -0.4 is 23.7 Å². The Morgan fingerprint density at radius 3 is 0.810 bits per heavy atom. The number of esters is 3. The molecule has 0 heterocycles. The summed E-state index contributed by atoms with van der Waals surface area (Å²) in [6.45, 7) is 2.57. The lowest BCUT2D eigenvalue weighted by Crippen LogP contribution is -2.22. The van der Waals surface area contributed by atoms with Gasteiger partial charge in [-0.25, -0.2) is 4.79 Å². The van der Waals surface area contributed by atoms with E-state index < -0.39 is 17.9 Å². The quantitative estimate of drug-likeness (QED) is 0.0292. The molecule has 0 fully saturated rings. The molecule has 0 saturated heterocycles. The molecule has 126 heavy (non-hydrogen) atoms. The highest BCUT2D eigenvalue weighted by molar-refractivity contribution is 9.10. The SMILES string of the molecule is Brc1cccc(OCc2ccccc2)c1.COC(=O)Cc1cccc(-c2cccc(OCc3ccccc3)c2)c1.COC(=O)Cc1cccc(Br)c1.COC(=O)c1cccc(-c2cccc(OCc3ccccc3)c2)c1.O=C(O)Cc1cccc(-c2cccc(OCc3ccccc3)c2)c1.O=C(c1cccc(-c2cccc(OCc3ccccc3)c2)c1)C(F)(F)F. The average molecular weight is 1820 g/mol. The summed E-state index contributed by atoms with van der Waals surface area (Å²) in [6.07, 6.45) is -4.26. The van der Waals surface area contributed by atoms with Gasteiger partial charge in [-0.15, -0.1) is 0 Å². The van der Waals surface area contributed by atoms with Crippen LogP contribution in [-0.2, 0) is 80.9 Å². The van der Waals surface area contributed by atoms with Crippen LogP contribution in [-0.4, -0.2) is 62.3 Å². The Balaban J connectivity index is 0.000000160. The van der Waals surface area contributed by atoms with Crippen molar-refractivity contribution in [2.45, 2.75) is 58.5 Å². The molecule has 0 aliphatic rings. The number of methoxy groups -OCH3 is 3. The van der Waals surface area contributed by atoms with Crippen LogP contribution in [0.1, 0.15) is 65.2 Å². The summed E-state index contributed by atoms with van der Waals surface area (Å²) in [5, 5.41) is 8.93. The zero-order valence-corrected chi connectivity index (χ0v) is 72.5. The third kappa shape index (κ3) is 32.8. The Bertz CT molecular complexity index is 5940. The number of rotatable bonds is 27. The van der Waals surface area contributed by atoms with E-state index in [0.29, 0.717) is 61.9 Å². The van der Waals surface area contributed by atoms with Gasteiger partial charge in [0, 0.05) is 14.5 Å². The Labute approximate surface area is 748 Å². The maximum absolute atomic E-state index is 12.6. The number of hydrogen-bond acceptors (Lipinski definition) is 13. The summed E-state index contributed by atoms with van der Waals surface area (Å²) in [5.74, 6) is 0.410. The number of benzene rings is 15. The minimum atomic E-state index is -4.89. The van der Waals surface area contributed by atoms with Gasteiger partial charge < -0.3 is 43.0 Å². The number of carbonyl (C=O) groups is 5. The van der Waals surface area contributed by atoms with Gasteiger partial charge in [0.2, 0.25) is 0 Å². The summed E-state index contributed by atoms with van der Waals surface area (Å²) < 4.78 is 82.9. The van der Waals surface area contributed by atoms with E-state index in [-0.39, 0.29) is 36.3 Å². The van der Waals surface area contributed by atoms with Crippen LogP contribution in [0.4, 0.5) is 13.2 Å². The van der Waals surface area contributed by atoms with Crippen LogP contribution in [0.15, 0.2) is 403 Å². The zero-order chi connectivity index (χ0) is 89.1. The summed E-state index contributed by atoms with van der Waals surface area (Å²) >= 11 is 6.73. The van der Waals surface area contributed by atoms with Crippen molar-refractivity contribution in [2.75, 3.05) is 21.3 Å². The first-order valence-electron chi connectivity index (χ1n) is 39.9. The normalized spacial score (nSPS) is 10.3. The second-order valence-electron chi connectivity index (χ2n) is 28.0. The molecule has 0 aliphatic heterocycles. The number of Topliss-reactive ketones (excluding diaryl/α,β-unsaturated/α-hetero) is 1. The first kappa shape index (κ1) is 93.9. The fourth-order valence-corrected chi connectivity index (χ4v) is 13.1. The van der Waals surface area contributed by atoms with Crippen LogP contribution >= 0.6 is 31.9 Å². The lowest BCUT2D eigenvalue weighted by molar-refractivity contribution is -0.140. The molecule has 0 aliphatic carbocycles. The fraction of sp³-hybridized carbons (Fsp3) is 0.112. The van der Waals surface area contributed by atoms with Crippen molar-refractivity contribution in [3.05, 3.63) is 459 Å². The van der Waals surface area contributed by atoms with Crippen molar-refractivity contribution in [1.82, 2.24) is 0 Å². The molecule has 0 bridgehead atoms. The van der Waals surface area contributed by atoms with E-state index in [1.165, 1.54) is 39.0 Å². The molecule has 1 N–H and O–H groups in total. The number of carboxylic acids is 1. The monoisotopic (exact) mass is 1810 g/mol. The minimum absolute atomic E-state index is 0.0258. The first-order chi connectivity index (χ1) is 61.2. The molecule has 638 valence electrons. The number of ether oxygens (including phenoxy) is 8. The van der Waals surface area contributed by atoms with Gasteiger partial charge in [-0.05, 0) is 186 Å². The number of aliphatic carboxylic acids is 1. The highest BCUT2D eigenvalue weighted by Crippen LogP contribution is 2.32. The molecule has 15 aromatic carbocycles. The summed E-state index contributed by atoms with van der Waals surface area (Å²) in [7, 11) is 4.17. The highest BCUT2D eigenvalue weighted by Gasteiger charge is 2.39. The van der Waals surface area contributed by atoms with E-state index in [0.717, 1.165) is 110 Å². The fourth-order valence-electron chi connectivity index (χ4n) is 12.3. The van der Waals surface area contributed by atoms with Gasteiger partial charge in [0.05, 0.1) is 46.2 Å². The second-order valence-corrected chi connectivity index (χ2v) is 29.9. The van der Waals surface area contributed by atoms with Gasteiger partial charge >= 0.3 is 30.1 Å². The van der Waals surface area contributed by atoms with Crippen molar-refractivity contribution < 1.29 is 80.1 Å². The largest absolute Gasteiger partial charge is 0.489 e. The number of carboxylic acid groups (broad SMARTS) is 1. The van der Waals surface area contributed by atoms with Crippen LogP contribution in [0.5, 0.6) is 28.7 Å². The molecule has 0 radical (unpaired) electrons. The first-order valence-corrected chi connectivity index (χ1v) is 41.5. The molecule has 0 atom stereocenters. The average Bonchev–Trinajstić information content (AvgIpc) is 0.827. The minimum Gasteiger partial charge on any atom is -0.489 e. The Morgan fingerprint density at radius 2 is 0.508 bits per heavy atom. The standard InChI is InChI=1S/C22H20O3.C21H15F3O2.2C21H18O3.C13H11BrO.C9H9BrO2/c1-24-22(23)14-18-9-5-10-19(13-18)20-11-6-12-21(15-20)25-16-17-7-3-2-4-8-17;22-21(23,24)20(25)18-10-4-8-16(12-18)17-9-5-11-19(13-17)26-14-15-6-2-1-3-7-15;1-23-21(22)19-11-5-9-17(13-19)18-10-6-12-20(14-18)24-15-16-7-3-2-4-8-16;22-21(23)13-17-8-4-9-18(12-17)19-10-5-11-20(14-19)24-15-16-6-2-1-3-7-16;14-12-7-4-8-13(9-12)15-10-11-5-2-1-3-6-11;1-12-9(11)6-7-3-2-4-8(10)5-7/h2-13,15H,14,16H2,1H3;1-13H,14H2;2-14H,15H2,1H3;1-12,14H,13,15H2,(H,22,23);1-9H,10H2;2-5H,6H2,1H3. The molecular formula is C107H91Br2F3O14. The van der Waals surface area contributed by atoms with Crippen LogP contribution in [0.2, 0.25) is 0 Å². The molecule has 0 aromatic heterocycles. The maximum atomic E-state index is 12.6. The summed E-state index contributed by atoms with van der Waals surface area (Å²) in [5.41, 5.74) is 15.6. The Hall–Kier alpha value is -14.4. The number of carbonyl (C=O) groups excluding carboxylic acids is 4. The number of hydrogen-bond donors (Lipinski definition) is 1. The molecule has 0 amide bonds. The van der Waals surface area contributed by atoms with E-state index >= 15 is 0 Å². The van der Waals surface area contributed by atoms with Crippen molar-refractivity contribution >= 4 is 61.5 Å². The molecule has 0 spiro atoms. The van der Waals surface area contributed by atoms with Crippen molar-refractivity contribution in [3.8, 4) is 73.3 Å². The van der Waals surface area contributed by atoms with E-state index in [9.17, 15) is 37.1 Å². The van der Waals surface area contributed by atoms with E-state index in [2.05, 4.69) is 48.7 Å². The molecular weight excluding hydrogens is 1730 g/mol. The van der Waals surface area contributed by atoms with Gasteiger partial charge in [-0.2, -0.15) is 13.2 Å². The van der Waals surface area contributed by atoms with E-state index in [1.807, 2.05) is 328 Å². The van der Waals surface area contributed by atoms with Crippen LogP contribution in [0, 0.1) is 0 Å². The number of halogens is 5. The van der Waals surface area contributed by atoms with Gasteiger partial charge in [0.15, 0.2) is 0 Å². The van der Waals surface area contributed by atoms with Crippen molar-refractivity contribution in [3.63, 3.8) is 0 Å². The number of ketones is 1. The van der Waals surface area contributed by atoms with Gasteiger partial charge in [-0.3, -0.25) is 19.2 Å². The Morgan fingerprint density at radius 1 is 0.262 bits per heavy atom. The third-order valence-corrected chi connectivity index (χ3v) is 19.6. The third-order valence-electron chi connectivity index (χ3n) is 18.6. The summed E-state index contributed by atoms with van der Waals surface area (Å²) in [4.78, 5) is 56.3. The van der Waals surface area contributed by atoms with E-state index in [4.69, 9.17) is 38.3 Å². The predicted molar refractivity (Wildman–Crippen MR) is 494 cm³/mol. The summed E-state index contributed by atoms with van der Waals surface area (Å²) in [6, 6.07) is 124. The maximum Gasteiger partial charge on any atom is 0.454 e. The molecule has 15 rings (SSSR count). The van der Waals surface area contributed by atoms with Gasteiger partial charge in [-0.1, -0.05) is 329 Å². The van der Waals surface area contributed by atoms with Gasteiger partial charge in [0.25, 0.3) is 5.78 Å². The predicted octanol–water partition coefficient (Wildman–Crippen LogP) is 25.8. The highest BCUT2D eigenvalue weighted by atomic mass is 79.9. The second kappa shape index (κ2) is 50.2. The van der Waals surface area contributed by atoms with Crippen LogP contribution in [0.25, 0.3) is 44.5 Å². The molecule has 14 nitrogen and oxygen atoms in total. The van der Waals surface area contributed by atoms with Gasteiger partial charge in [0.1, 0.15) is 61.8 Å². The molecule has 0 saturated carbocycles. The smallest absolute Gasteiger partial charge is 0.454 e. The zero-order valence-electron chi connectivity index (χ0n) is 69.3. The van der Waals surface area contributed by atoms with Crippen molar-refractivity contribution in [1.29, 1.82) is 0 Å². The topological polar surface area (TPSA) is 179 Å². The Kier molecular flexibility index (Phi) is 37.4. The lowest BCUT2D eigenvalue weighted by Gasteiger charge is -2.10. The molecule has 0 unspecified atom stereocenters. The number of alkyl halides is 3. The van der Waals surface area contributed by atoms with Crippen molar-refractivity contribution in [2.24, 2.45) is 0 Å². The molecule has 19 heteroatoms.